The molecule has 4 aromatic rings. The molecule has 0 saturated carbocycles. The fraction of sp³-hybridized carbons (Fsp3) is 0.0909. The second-order valence-electron chi connectivity index (χ2n) is 6.04. The average molecular weight is 298 g/mol. The van der Waals surface area contributed by atoms with Gasteiger partial charge in [-0.2, -0.15) is 0 Å². The van der Waals surface area contributed by atoms with Gasteiger partial charge in [0.05, 0.1) is 0 Å². The van der Waals surface area contributed by atoms with E-state index in [1.54, 1.807) is 0 Å². The van der Waals surface area contributed by atoms with Crippen LogP contribution in [0, 0.1) is 13.8 Å². The molecule has 0 amide bonds. The van der Waals surface area contributed by atoms with Gasteiger partial charge >= 0.3 is 0 Å². The monoisotopic (exact) mass is 298 g/mol. The minimum Gasteiger partial charge on any atom is -0.455 e. The molecule has 0 aliphatic rings. The van der Waals surface area contributed by atoms with Gasteiger partial charge in [-0.15, -0.1) is 0 Å². The zero-order valence-corrected chi connectivity index (χ0v) is 13.3. The molecule has 0 unspecified atom stereocenters. The Morgan fingerprint density at radius 2 is 1.04 bits per heavy atom. The van der Waals surface area contributed by atoms with E-state index >= 15 is 0 Å². The van der Waals surface area contributed by atoms with Gasteiger partial charge in [-0.3, -0.25) is 0 Å². The first-order valence-corrected chi connectivity index (χ1v) is 7.88. The fourth-order valence-corrected chi connectivity index (χ4v) is 3.09. The Morgan fingerprint density at radius 3 is 1.48 bits per heavy atom. The van der Waals surface area contributed by atoms with Crippen LogP contribution in [-0.2, 0) is 0 Å². The summed E-state index contributed by atoms with van der Waals surface area (Å²) in [5.74, 6) is 1.89. The lowest BCUT2D eigenvalue weighted by molar-refractivity contribution is 0.602. The molecule has 1 heteroatoms. The van der Waals surface area contributed by atoms with E-state index in [1.165, 1.54) is 11.1 Å². The average Bonchev–Trinajstić information content (AvgIpc) is 2.95. The molecule has 0 saturated heterocycles. The summed E-state index contributed by atoms with van der Waals surface area (Å²) in [5.41, 5.74) is 4.72. The van der Waals surface area contributed by atoms with Crippen molar-refractivity contribution in [3.63, 3.8) is 0 Å². The highest BCUT2D eigenvalue weighted by atomic mass is 16.3. The predicted molar refractivity (Wildman–Crippen MR) is 96.6 cm³/mol. The zero-order valence-electron chi connectivity index (χ0n) is 13.3. The van der Waals surface area contributed by atoms with Crippen molar-refractivity contribution in [2.45, 2.75) is 13.8 Å². The van der Waals surface area contributed by atoms with E-state index < -0.39 is 0 Å². The Hall–Kier alpha value is -2.80. The number of hydrogen-bond acceptors (Lipinski definition) is 1. The summed E-state index contributed by atoms with van der Waals surface area (Å²) in [6, 6.07) is 25.3. The summed E-state index contributed by atoms with van der Waals surface area (Å²) in [6.07, 6.45) is 0. The molecule has 1 nitrogen and oxygen atoms in total. The summed E-state index contributed by atoms with van der Waals surface area (Å²) < 4.78 is 6.35. The molecule has 1 aromatic heterocycles. The van der Waals surface area contributed by atoms with E-state index in [0.29, 0.717) is 0 Å². The van der Waals surface area contributed by atoms with Crippen LogP contribution in [-0.4, -0.2) is 0 Å². The normalized spacial score (nSPS) is 11.0. The number of rotatable bonds is 2. The van der Waals surface area contributed by atoms with Crippen LogP contribution in [0.3, 0.4) is 0 Å². The van der Waals surface area contributed by atoms with Gasteiger partial charge in [0.2, 0.25) is 0 Å². The Morgan fingerprint density at radius 1 is 0.565 bits per heavy atom. The maximum atomic E-state index is 6.35. The fourth-order valence-electron chi connectivity index (χ4n) is 3.09. The van der Waals surface area contributed by atoms with Crippen LogP contribution in [0.15, 0.2) is 77.2 Å². The number of benzene rings is 3. The van der Waals surface area contributed by atoms with E-state index in [-0.39, 0.29) is 0 Å². The maximum Gasteiger partial charge on any atom is 0.142 e. The largest absolute Gasteiger partial charge is 0.455 e. The van der Waals surface area contributed by atoms with Crippen LogP contribution in [0.25, 0.3) is 33.4 Å². The van der Waals surface area contributed by atoms with Crippen molar-refractivity contribution in [1.82, 2.24) is 0 Å². The number of aryl methyl sites for hydroxylation is 2. The van der Waals surface area contributed by atoms with Crippen LogP contribution in [0.2, 0.25) is 0 Å². The third-order valence-electron chi connectivity index (χ3n) is 4.18. The van der Waals surface area contributed by atoms with Crippen molar-refractivity contribution >= 4 is 10.8 Å². The van der Waals surface area contributed by atoms with E-state index in [4.69, 9.17) is 4.42 Å². The second kappa shape index (κ2) is 5.44. The summed E-state index contributed by atoms with van der Waals surface area (Å²) in [5, 5.41) is 2.32. The van der Waals surface area contributed by atoms with Gasteiger partial charge in [-0.1, -0.05) is 71.8 Å². The van der Waals surface area contributed by atoms with Crippen LogP contribution in [0.5, 0.6) is 0 Å². The Labute approximate surface area is 136 Å². The first kappa shape index (κ1) is 13.8. The summed E-state index contributed by atoms with van der Waals surface area (Å²) in [7, 11) is 0. The van der Waals surface area contributed by atoms with Gasteiger partial charge in [0.25, 0.3) is 0 Å². The lowest BCUT2D eigenvalue weighted by Gasteiger charge is -2.01. The predicted octanol–water partition coefficient (Wildman–Crippen LogP) is 6.38. The Balaban J connectivity index is 2.01. The van der Waals surface area contributed by atoms with Crippen molar-refractivity contribution in [2.75, 3.05) is 0 Å². The standard InChI is InChI=1S/C22H18O/c1-15-7-5-9-17(13-15)21-19-11-3-4-12-20(19)22(23-21)18-10-6-8-16(2)14-18/h3-14H,1-2H3. The first-order chi connectivity index (χ1) is 11.2. The maximum absolute atomic E-state index is 6.35. The number of furan rings is 1. The smallest absolute Gasteiger partial charge is 0.142 e. The topological polar surface area (TPSA) is 13.1 Å². The van der Waals surface area contributed by atoms with Crippen LogP contribution >= 0.6 is 0 Å². The molecular weight excluding hydrogens is 280 g/mol. The van der Waals surface area contributed by atoms with Gasteiger partial charge in [0.15, 0.2) is 0 Å². The molecule has 0 atom stereocenters. The molecule has 0 spiro atoms. The first-order valence-electron chi connectivity index (χ1n) is 7.88. The van der Waals surface area contributed by atoms with E-state index in [9.17, 15) is 0 Å². The summed E-state index contributed by atoms with van der Waals surface area (Å²) >= 11 is 0. The Kier molecular flexibility index (Phi) is 3.27. The van der Waals surface area contributed by atoms with E-state index in [2.05, 4.69) is 86.6 Å². The van der Waals surface area contributed by atoms with Gasteiger partial charge in [0.1, 0.15) is 11.5 Å². The molecule has 0 fully saturated rings. The third kappa shape index (κ3) is 2.44. The third-order valence-corrected chi connectivity index (χ3v) is 4.18. The molecule has 4 rings (SSSR count). The van der Waals surface area contributed by atoms with Gasteiger partial charge in [0, 0.05) is 21.9 Å². The quantitative estimate of drug-likeness (QED) is 0.418. The molecule has 0 N–H and O–H groups in total. The molecule has 0 aliphatic carbocycles. The molecule has 23 heavy (non-hydrogen) atoms. The molecule has 0 aliphatic heterocycles. The van der Waals surface area contributed by atoms with Crippen molar-refractivity contribution in [2.24, 2.45) is 0 Å². The van der Waals surface area contributed by atoms with Crippen molar-refractivity contribution in [1.29, 1.82) is 0 Å². The number of hydrogen-bond donors (Lipinski definition) is 0. The highest BCUT2D eigenvalue weighted by Crippen LogP contribution is 2.39. The van der Waals surface area contributed by atoms with E-state index in [0.717, 1.165) is 33.4 Å². The Bertz CT molecular complexity index is 912. The van der Waals surface area contributed by atoms with Gasteiger partial charge in [-0.25, -0.2) is 0 Å². The minimum absolute atomic E-state index is 0.945. The van der Waals surface area contributed by atoms with Crippen LogP contribution in [0.4, 0.5) is 0 Å². The van der Waals surface area contributed by atoms with Gasteiger partial charge in [-0.05, 0) is 26.0 Å². The van der Waals surface area contributed by atoms with Crippen molar-refractivity contribution < 1.29 is 4.42 Å². The SMILES string of the molecule is Cc1cccc(-c2oc(-c3cccc(C)c3)c3ccccc23)c1. The number of fused-ring (bicyclic) bond motifs is 1. The van der Waals surface area contributed by atoms with Crippen LogP contribution in [0.1, 0.15) is 11.1 Å². The molecule has 0 bridgehead atoms. The van der Waals surface area contributed by atoms with E-state index in [1.807, 2.05) is 0 Å². The summed E-state index contributed by atoms with van der Waals surface area (Å²) in [4.78, 5) is 0. The minimum atomic E-state index is 0.945. The molecule has 1 heterocycles. The highest BCUT2D eigenvalue weighted by molar-refractivity contribution is 6.02. The lowest BCUT2D eigenvalue weighted by Crippen LogP contribution is -1.77. The second-order valence-corrected chi connectivity index (χ2v) is 6.04. The van der Waals surface area contributed by atoms with Crippen molar-refractivity contribution in [3.8, 4) is 22.6 Å². The lowest BCUT2D eigenvalue weighted by atomic mass is 10.0. The van der Waals surface area contributed by atoms with Crippen LogP contribution < -0.4 is 0 Å². The summed E-state index contributed by atoms with van der Waals surface area (Å²) in [6.45, 7) is 4.21. The zero-order chi connectivity index (χ0) is 15.8. The van der Waals surface area contributed by atoms with Crippen molar-refractivity contribution in [3.05, 3.63) is 83.9 Å². The molecule has 3 aromatic carbocycles. The molecule has 0 radical (unpaired) electrons. The van der Waals surface area contributed by atoms with Gasteiger partial charge < -0.3 is 4.42 Å². The highest BCUT2D eigenvalue weighted by Gasteiger charge is 2.15. The molecule has 112 valence electrons. The molecular formula is C22H18O.